The van der Waals surface area contributed by atoms with E-state index in [2.05, 4.69) is 62.7 Å². The maximum atomic E-state index is 5.71. The molecule has 0 spiro atoms. The summed E-state index contributed by atoms with van der Waals surface area (Å²) in [4.78, 5) is 2.51. The van der Waals surface area contributed by atoms with Gasteiger partial charge in [0, 0.05) is 41.2 Å². The maximum Gasteiger partial charge on any atom is 0.118 e. The summed E-state index contributed by atoms with van der Waals surface area (Å²) < 4.78 is 5.71. The van der Waals surface area contributed by atoms with Gasteiger partial charge in [-0.2, -0.15) is 11.8 Å². The first kappa shape index (κ1) is 15.9. The van der Waals surface area contributed by atoms with Crippen molar-refractivity contribution in [3.63, 3.8) is 0 Å². The molecule has 1 aromatic heterocycles. The van der Waals surface area contributed by atoms with Crippen LogP contribution < -0.4 is 5.32 Å². The van der Waals surface area contributed by atoms with Crippen LogP contribution in [0.25, 0.3) is 0 Å². The van der Waals surface area contributed by atoms with Gasteiger partial charge in [-0.1, -0.05) is 13.8 Å². The molecule has 2 heterocycles. The molecule has 1 N–H and O–H groups in total. The van der Waals surface area contributed by atoms with Gasteiger partial charge in [0.2, 0.25) is 0 Å². The first-order valence-electron chi connectivity index (χ1n) is 7.51. The van der Waals surface area contributed by atoms with Crippen molar-refractivity contribution in [2.24, 2.45) is 0 Å². The van der Waals surface area contributed by atoms with Crippen molar-refractivity contribution in [1.82, 2.24) is 10.2 Å². The SMILES string of the molecule is CC1CN(Cc2cc(CNC(C)(C)C)co2)CC(C)S1. The first-order valence-corrected chi connectivity index (χ1v) is 8.45. The van der Waals surface area contributed by atoms with E-state index in [-0.39, 0.29) is 5.54 Å². The Morgan fingerprint density at radius 1 is 1.30 bits per heavy atom. The average Bonchev–Trinajstić information content (AvgIpc) is 2.72. The lowest BCUT2D eigenvalue weighted by Crippen LogP contribution is -2.39. The topological polar surface area (TPSA) is 28.4 Å². The summed E-state index contributed by atoms with van der Waals surface area (Å²) in [5, 5.41) is 4.93. The number of nitrogens with one attached hydrogen (secondary N) is 1. The lowest BCUT2D eigenvalue weighted by Gasteiger charge is -2.33. The van der Waals surface area contributed by atoms with Crippen LogP contribution in [-0.4, -0.2) is 34.0 Å². The Hall–Kier alpha value is -0.450. The molecule has 2 atom stereocenters. The minimum atomic E-state index is 0.145. The number of furan rings is 1. The van der Waals surface area contributed by atoms with E-state index in [1.54, 1.807) is 0 Å². The van der Waals surface area contributed by atoms with E-state index in [9.17, 15) is 0 Å². The van der Waals surface area contributed by atoms with Crippen molar-refractivity contribution >= 4 is 11.8 Å². The van der Waals surface area contributed by atoms with Crippen molar-refractivity contribution in [3.05, 3.63) is 23.7 Å². The van der Waals surface area contributed by atoms with Crippen molar-refractivity contribution in [2.45, 2.75) is 63.7 Å². The number of rotatable bonds is 4. The quantitative estimate of drug-likeness (QED) is 0.920. The highest BCUT2D eigenvalue weighted by molar-refractivity contribution is 8.00. The van der Waals surface area contributed by atoms with Crippen LogP contribution in [0.15, 0.2) is 16.7 Å². The molecule has 2 unspecified atom stereocenters. The van der Waals surface area contributed by atoms with Crippen LogP contribution >= 0.6 is 11.8 Å². The molecule has 1 saturated heterocycles. The zero-order chi connectivity index (χ0) is 14.8. The molecular weight excluding hydrogens is 268 g/mol. The van der Waals surface area contributed by atoms with Gasteiger partial charge in [-0.05, 0) is 26.8 Å². The largest absolute Gasteiger partial charge is 0.468 e. The van der Waals surface area contributed by atoms with Gasteiger partial charge in [0.05, 0.1) is 12.8 Å². The second kappa shape index (κ2) is 6.54. The first-order chi connectivity index (χ1) is 9.32. The molecule has 3 nitrogen and oxygen atoms in total. The summed E-state index contributed by atoms with van der Waals surface area (Å²) in [6.07, 6.45) is 1.89. The fourth-order valence-corrected chi connectivity index (χ4v) is 3.99. The zero-order valence-electron chi connectivity index (χ0n) is 13.4. The summed E-state index contributed by atoms with van der Waals surface area (Å²) in [6.45, 7) is 15.3. The van der Waals surface area contributed by atoms with Gasteiger partial charge in [-0.3, -0.25) is 4.90 Å². The summed E-state index contributed by atoms with van der Waals surface area (Å²) in [7, 11) is 0. The minimum Gasteiger partial charge on any atom is -0.468 e. The van der Waals surface area contributed by atoms with Crippen LogP contribution in [0.3, 0.4) is 0 Å². The van der Waals surface area contributed by atoms with Gasteiger partial charge >= 0.3 is 0 Å². The summed E-state index contributed by atoms with van der Waals surface area (Å²) >= 11 is 2.09. The second-order valence-electron chi connectivity index (χ2n) is 6.98. The Bertz CT molecular complexity index is 414. The lowest BCUT2D eigenvalue weighted by molar-refractivity contribution is 0.241. The van der Waals surface area contributed by atoms with Crippen LogP contribution in [0, 0.1) is 0 Å². The minimum absolute atomic E-state index is 0.145. The standard InChI is InChI=1S/C16H28N2OS/c1-12-8-18(9-13(2)20-12)10-15-6-14(11-19-15)7-17-16(3,4)5/h6,11-13,17H,7-10H2,1-5H3. The van der Waals surface area contributed by atoms with Crippen LogP contribution in [0.2, 0.25) is 0 Å². The van der Waals surface area contributed by atoms with Crippen molar-refractivity contribution in [2.75, 3.05) is 13.1 Å². The van der Waals surface area contributed by atoms with Crippen molar-refractivity contribution < 1.29 is 4.42 Å². The molecule has 0 bridgehead atoms. The Morgan fingerprint density at radius 2 is 1.95 bits per heavy atom. The van der Waals surface area contributed by atoms with E-state index >= 15 is 0 Å². The van der Waals surface area contributed by atoms with Gasteiger partial charge in [0.25, 0.3) is 0 Å². The molecule has 0 saturated carbocycles. The highest BCUT2D eigenvalue weighted by Crippen LogP contribution is 2.26. The monoisotopic (exact) mass is 296 g/mol. The van der Waals surface area contributed by atoms with Gasteiger partial charge in [0.1, 0.15) is 5.76 Å². The van der Waals surface area contributed by atoms with Crippen LogP contribution in [0.4, 0.5) is 0 Å². The molecule has 114 valence electrons. The van der Waals surface area contributed by atoms with Crippen LogP contribution in [0.1, 0.15) is 45.9 Å². The van der Waals surface area contributed by atoms with Crippen LogP contribution in [0.5, 0.6) is 0 Å². The average molecular weight is 296 g/mol. The fourth-order valence-electron chi connectivity index (χ4n) is 2.60. The third kappa shape index (κ3) is 5.15. The van der Waals surface area contributed by atoms with Crippen LogP contribution in [-0.2, 0) is 13.1 Å². The number of thioether (sulfide) groups is 1. The molecule has 0 amide bonds. The van der Waals surface area contributed by atoms with E-state index in [1.165, 1.54) is 5.56 Å². The Labute approximate surface area is 127 Å². The predicted octanol–water partition coefficient (Wildman–Crippen LogP) is 3.49. The molecule has 0 aliphatic carbocycles. The molecule has 1 fully saturated rings. The predicted molar refractivity (Wildman–Crippen MR) is 87.1 cm³/mol. The van der Waals surface area contributed by atoms with Crippen molar-refractivity contribution in [1.29, 1.82) is 0 Å². The van der Waals surface area contributed by atoms with E-state index in [1.807, 2.05) is 6.26 Å². The number of hydrogen-bond donors (Lipinski definition) is 1. The van der Waals surface area contributed by atoms with E-state index in [0.29, 0.717) is 0 Å². The third-order valence-corrected chi connectivity index (χ3v) is 4.63. The number of hydrogen-bond acceptors (Lipinski definition) is 4. The molecular formula is C16H28N2OS. The molecule has 20 heavy (non-hydrogen) atoms. The Balaban J connectivity index is 1.86. The van der Waals surface area contributed by atoms with Crippen molar-refractivity contribution in [3.8, 4) is 0 Å². The van der Waals surface area contributed by atoms with Gasteiger partial charge in [-0.15, -0.1) is 0 Å². The molecule has 1 aliphatic rings. The van der Waals surface area contributed by atoms with E-state index in [0.717, 1.165) is 42.4 Å². The molecule has 0 radical (unpaired) electrons. The van der Waals surface area contributed by atoms with E-state index in [4.69, 9.17) is 4.42 Å². The van der Waals surface area contributed by atoms with Gasteiger partial charge in [-0.25, -0.2) is 0 Å². The molecule has 1 aromatic rings. The summed E-state index contributed by atoms with van der Waals surface area (Å²) in [5.41, 5.74) is 1.38. The molecule has 4 heteroatoms. The van der Waals surface area contributed by atoms with E-state index < -0.39 is 0 Å². The lowest BCUT2D eigenvalue weighted by atomic mass is 10.1. The van der Waals surface area contributed by atoms with Gasteiger partial charge < -0.3 is 9.73 Å². The third-order valence-electron chi connectivity index (χ3n) is 3.41. The highest BCUT2D eigenvalue weighted by atomic mass is 32.2. The normalized spacial score (nSPS) is 25.1. The highest BCUT2D eigenvalue weighted by Gasteiger charge is 2.23. The Morgan fingerprint density at radius 3 is 2.55 bits per heavy atom. The molecule has 2 rings (SSSR count). The molecule has 0 aromatic carbocycles. The summed E-state index contributed by atoms with van der Waals surface area (Å²) in [5.74, 6) is 1.09. The zero-order valence-corrected chi connectivity index (χ0v) is 14.2. The Kier molecular flexibility index (Phi) is 5.21. The smallest absolute Gasteiger partial charge is 0.118 e. The number of nitrogens with zero attached hydrogens (tertiary/aromatic N) is 1. The maximum absolute atomic E-state index is 5.71. The van der Waals surface area contributed by atoms with Gasteiger partial charge in [0.15, 0.2) is 0 Å². The summed E-state index contributed by atoms with van der Waals surface area (Å²) in [6, 6.07) is 2.19. The fraction of sp³-hybridized carbons (Fsp3) is 0.750. The molecule has 1 aliphatic heterocycles. The second-order valence-corrected chi connectivity index (χ2v) is 8.86.